The maximum Gasteiger partial charge on any atom is 0.315 e. The highest BCUT2D eigenvalue weighted by atomic mass is 35.5. The zero-order valence-corrected chi connectivity index (χ0v) is 14.3. The topological polar surface area (TPSA) is 70.2 Å². The smallest absolute Gasteiger partial charge is 0.315 e. The minimum absolute atomic E-state index is 0.00553. The Kier molecular flexibility index (Phi) is 7.81. The van der Waals surface area contributed by atoms with Gasteiger partial charge in [0.15, 0.2) is 0 Å². The van der Waals surface area contributed by atoms with Gasteiger partial charge in [-0.05, 0) is 31.0 Å². The molecule has 0 fully saturated rings. The Morgan fingerprint density at radius 3 is 2.43 bits per heavy atom. The molecule has 1 rings (SSSR count). The molecule has 0 radical (unpaired) electrons. The first kappa shape index (κ1) is 19.2. The first-order valence-electron chi connectivity index (χ1n) is 7.58. The van der Waals surface area contributed by atoms with Gasteiger partial charge in [0, 0.05) is 24.0 Å². The molecule has 0 spiro atoms. The maximum absolute atomic E-state index is 13.0. The molecule has 0 heterocycles. The lowest BCUT2D eigenvalue weighted by molar-refractivity contribution is -0.123. The number of carbonyl (C=O) groups excluding carboxylic acids is 2. The maximum atomic E-state index is 13.0. The molecule has 0 aliphatic heterocycles. The van der Waals surface area contributed by atoms with Crippen LogP contribution in [0.3, 0.4) is 0 Å². The quantitative estimate of drug-likeness (QED) is 0.666. The van der Waals surface area contributed by atoms with Crippen molar-refractivity contribution in [1.82, 2.24) is 16.0 Å². The average molecular weight is 344 g/mol. The van der Waals surface area contributed by atoms with Crippen molar-refractivity contribution < 1.29 is 14.0 Å². The minimum Gasteiger partial charge on any atom is -0.356 e. The minimum atomic E-state index is -0.418. The van der Waals surface area contributed by atoms with Gasteiger partial charge in [-0.1, -0.05) is 31.5 Å². The molecule has 0 saturated heterocycles. The standard InChI is InChI=1S/C16H23ClFN3O2/c1-10(2)15(22)19-7-4-8-20-16(23)21-11(3)13-6-5-12(18)9-14(13)17/h5-6,9-11H,4,7-8H2,1-3H3,(H,19,22)(H2,20,21,23). The van der Waals surface area contributed by atoms with Crippen LogP contribution in [0.25, 0.3) is 0 Å². The molecule has 0 aliphatic carbocycles. The van der Waals surface area contributed by atoms with E-state index in [2.05, 4.69) is 16.0 Å². The third-order valence-corrected chi connectivity index (χ3v) is 3.57. The predicted molar refractivity (Wildman–Crippen MR) is 88.8 cm³/mol. The Hall–Kier alpha value is -1.82. The van der Waals surface area contributed by atoms with Crippen LogP contribution < -0.4 is 16.0 Å². The molecule has 1 atom stereocenters. The fraction of sp³-hybridized carbons (Fsp3) is 0.500. The first-order chi connectivity index (χ1) is 10.8. The third-order valence-electron chi connectivity index (χ3n) is 3.24. The Morgan fingerprint density at radius 2 is 1.83 bits per heavy atom. The van der Waals surface area contributed by atoms with Crippen molar-refractivity contribution in [2.24, 2.45) is 5.92 Å². The lowest BCUT2D eigenvalue weighted by Crippen LogP contribution is -2.38. The number of halogens is 2. The van der Waals surface area contributed by atoms with Crippen molar-refractivity contribution >= 4 is 23.5 Å². The largest absolute Gasteiger partial charge is 0.356 e. The van der Waals surface area contributed by atoms with Crippen LogP contribution in [0.4, 0.5) is 9.18 Å². The highest BCUT2D eigenvalue weighted by molar-refractivity contribution is 6.31. The summed E-state index contributed by atoms with van der Waals surface area (Å²) in [5, 5.41) is 8.47. The van der Waals surface area contributed by atoms with E-state index in [1.807, 2.05) is 13.8 Å². The van der Waals surface area contributed by atoms with Gasteiger partial charge in [0.05, 0.1) is 6.04 Å². The molecule has 23 heavy (non-hydrogen) atoms. The van der Waals surface area contributed by atoms with Gasteiger partial charge < -0.3 is 16.0 Å². The highest BCUT2D eigenvalue weighted by Gasteiger charge is 2.13. The lowest BCUT2D eigenvalue weighted by Gasteiger charge is -2.16. The number of urea groups is 1. The van der Waals surface area contributed by atoms with Crippen LogP contribution in [0.15, 0.2) is 18.2 Å². The summed E-state index contributed by atoms with van der Waals surface area (Å²) in [6.07, 6.45) is 0.636. The van der Waals surface area contributed by atoms with Crippen LogP contribution in [-0.2, 0) is 4.79 Å². The van der Waals surface area contributed by atoms with Crippen LogP contribution >= 0.6 is 11.6 Å². The zero-order valence-electron chi connectivity index (χ0n) is 13.6. The molecular formula is C16H23ClFN3O2. The Balaban J connectivity index is 2.29. The van der Waals surface area contributed by atoms with E-state index in [-0.39, 0.29) is 28.9 Å². The number of nitrogens with one attached hydrogen (secondary N) is 3. The van der Waals surface area contributed by atoms with Gasteiger partial charge in [-0.25, -0.2) is 9.18 Å². The summed E-state index contributed by atoms with van der Waals surface area (Å²) < 4.78 is 13.0. The monoisotopic (exact) mass is 343 g/mol. The molecule has 0 bridgehead atoms. The number of hydrogen-bond donors (Lipinski definition) is 3. The van der Waals surface area contributed by atoms with E-state index in [4.69, 9.17) is 11.6 Å². The Morgan fingerprint density at radius 1 is 1.17 bits per heavy atom. The van der Waals surface area contributed by atoms with Crippen molar-refractivity contribution in [1.29, 1.82) is 0 Å². The van der Waals surface area contributed by atoms with Crippen LogP contribution in [-0.4, -0.2) is 25.0 Å². The van der Waals surface area contributed by atoms with E-state index in [1.165, 1.54) is 12.1 Å². The second-order valence-electron chi connectivity index (χ2n) is 5.59. The molecule has 7 heteroatoms. The van der Waals surface area contributed by atoms with E-state index >= 15 is 0 Å². The average Bonchev–Trinajstić information content (AvgIpc) is 2.46. The molecule has 1 aromatic rings. The van der Waals surface area contributed by atoms with Crippen LogP contribution in [0.1, 0.15) is 38.8 Å². The zero-order chi connectivity index (χ0) is 17.4. The van der Waals surface area contributed by atoms with Gasteiger partial charge in [-0.2, -0.15) is 0 Å². The van der Waals surface area contributed by atoms with Crippen molar-refractivity contribution in [3.05, 3.63) is 34.6 Å². The number of amides is 3. The van der Waals surface area contributed by atoms with E-state index < -0.39 is 5.82 Å². The van der Waals surface area contributed by atoms with Crippen LogP contribution in [0.5, 0.6) is 0 Å². The van der Waals surface area contributed by atoms with Gasteiger partial charge >= 0.3 is 6.03 Å². The van der Waals surface area contributed by atoms with Gasteiger partial charge in [0.25, 0.3) is 0 Å². The van der Waals surface area contributed by atoms with E-state index in [0.717, 1.165) is 0 Å². The molecule has 5 nitrogen and oxygen atoms in total. The molecule has 3 N–H and O–H groups in total. The Bertz CT molecular complexity index is 552. The normalized spacial score (nSPS) is 11.9. The number of benzene rings is 1. The third kappa shape index (κ3) is 6.86. The van der Waals surface area contributed by atoms with Crippen LogP contribution in [0.2, 0.25) is 5.02 Å². The summed E-state index contributed by atoms with van der Waals surface area (Å²) in [7, 11) is 0. The summed E-state index contributed by atoms with van der Waals surface area (Å²) in [5.41, 5.74) is 0.646. The molecule has 3 amide bonds. The summed E-state index contributed by atoms with van der Waals surface area (Å²) in [6, 6.07) is 3.38. The second kappa shape index (κ2) is 9.35. The lowest BCUT2D eigenvalue weighted by atomic mass is 10.1. The molecule has 1 unspecified atom stereocenters. The number of carbonyl (C=O) groups is 2. The van der Waals surface area contributed by atoms with Gasteiger partial charge in [-0.15, -0.1) is 0 Å². The van der Waals surface area contributed by atoms with Crippen molar-refractivity contribution in [2.45, 2.75) is 33.2 Å². The van der Waals surface area contributed by atoms with Crippen LogP contribution in [0, 0.1) is 11.7 Å². The number of hydrogen-bond acceptors (Lipinski definition) is 2. The molecular weight excluding hydrogens is 321 g/mol. The molecule has 0 aliphatic rings. The van der Waals surface area contributed by atoms with Crippen molar-refractivity contribution in [3.8, 4) is 0 Å². The second-order valence-corrected chi connectivity index (χ2v) is 5.99. The molecule has 0 aromatic heterocycles. The van der Waals surface area contributed by atoms with E-state index in [1.54, 1.807) is 13.0 Å². The fourth-order valence-corrected chi connectivity index (χ4v) is 2.22. The van der Waals surface area contributed by atoms with Crippen molar-refractivity contribution in [3.63, 3.8) is 0 Å². The summed E-state index contributed by atoms with van der Waals surface area (Å²) in [6.45, 7) is 6.36. The summed E-state index contributed by atoms with van der Waals surface area (Å²) in [5.74, 6) is -0.472. The van der Waals surface area contributed by atoms with Gasteiger partial charge in [-0.3, -0.25) is 4.79 Å². The fourth-order valence-electron chi connectivity index (χ4n) is 1.88. The molecule has 128 valence electrons. The number of rotatable bonds is 7. The predicted octanol–water partition coefficient (Wildman–Crippen LogP) is 3.00. The van der Waals surface area contributed by atoms with E-state index in [9.17, 15) is 14.0 Å². The van der Waals surface area contributed by atoms with Gasteiger partial charge in [0.2, 0.25) is 5.91 Å². The Labute approximate surface area is 141 Å². The molecule has 0 saturated carbocycles. The summed E-state index contributed by atoms with van der Waals surface area (Å²) in [4.78, 5) is 23.1. The molecule has 1 aromatic carbocycles. The SMILES string of the molecule is CC(C)C(=O)NCCCNC(=O)NC(C)c1ccc(F)cc1Cl. The van der Waals surface area contributed by atoms with Gasteiger partial charge in [0.1, 0.15) is 5.82 Å². The summed E-state index contributed by atoms with van der Waals surface area (Å²) >= 11 is 5.96. The van der Waals surface area contributed by atoms with Crippen molar-refractivity contribution in [2.75, 3.05) is 13.1 Å². The highest BCUT2D eigenvalue weighted by Crippen LogP contribution is 2.23. The van der Waals surface area contributed by atoms with E-state index in [0.29, 0.717) is 25.1 Å². The first-order valence-corrected chi connectivity index (χ1v) is 7.96.